The highest BCUT2D eigenvalue weighted by atomic mass is 19.1. The number of hydrogen-bond donors (Lipinski definition) is 0. The SMILES string of the molecule is COc1cc2c3c(c4c(c2cc1OC)-c1ccccc1C4(C)C)C=CC(c1ccc(-c2nc(F)nc(F)n2)cc1)(c1ccc(N2CCOCC2)cc1)O3. The molecule has 0 N–H and O–H groups in total. The number of halogens is 2. The maximum atomic E-state index is 14.0. The molecule has 0 amide bonds. The largest absolute Gasteiger partial charge is 0.493 e. The maximum absolute atomic E-state index is 14.0. The van der Waals surface area contributed by atoms with Crippen molar-refractivity contribution in [3.8, 4) is 39.8 Å². The van der Waals surface area contributed by atoms with E-state index in [-0.39, 0.29) is 11.2 Å². The second kappa shape index (κ2) is 12.4. The zero-order valence-corrected chi connectivity index (χ0v) is 29.7. The van der Waals surface area contributed by atoms with Crippen LogP contribution in [0.25, 0.3) is 39.4 Å². The van der Waals surface area contributed by atoms with E-state index in [1.807, 2.05) is 24.3 Å². The molecule has 5 aromatic carbocycles. The Labute approximate surface area is 305 Å². The number of ether oxygens (including phenoxy) is 4. The fraction of sp³-hybridized carbons (Fsp3) is 0.233. The predicted molar refractivity (Wildman–Crippen MR) is 200 cm³/mol. The molecule has 0 spiro atoms. The highest BCUT2D eigenvalue weighted by molar-refractivity contribution is 6.09. The lowest BCUT2D eigenvalue weighted by Gasteiger charge is -2.39. The van der Waals surface area contributed by atoms with Crippen molar-refractivity contribution in [2.24, 2.45) is 0 Å². The van der Waals surface area contributed by atoms with E-state index in [4.69, 9.17) is 18.9 Å². The quantitative estimate of drug-likeness (QED) is 0.170. The first kappa shape index (κ1) is 33.0. The second-order valence-electron chi connectivity index (χ2n) is 14.0. The summed E-state index contributed by atoms with van der Waals surface area (Å²) in [5, 5.41) is 1.88. The van der Waals surface area contributed by atoms with Crippen LogP contribution in [0.4, 0.5) is 14.5 Å². The lowest BCUT2D eigenvalue weighted by atomic mass is 9.76. The van der Waals surface area contributed by atoms with Crippen LogP contribution in [0.5, 0.6) is 17.2 Å². The zero-order valence-electron chi connectivity index (χ0n) is 29.7. The third kappa shape index (κ3) is 5.15. The van der Waals surface area contributed by atoms with Crippen LogP contribution in [0.3, 0.4) is 0 Å². The van der Waals surface area contributed by atoms with Gasteiger partial charge >= 0.3 is 12.2 Å². The van der Waals surface area contributed by atoms with Gasteiger partial charge < -0.3 is 23.8 Å². The number of hydrogen-bond acceptors (Lipinski definition) is 8. The van der Waals surface area contributed by atoms with E-state index < -0.39 is 17.8 Å². The number of morpholine rings is 1. The van der Waals surface area contributed by atoms with Crippen molar-refractivity contribution in [1.29, 1.82) is 0 Å². The zero-order chi connectivity index (χ0) is 36.5. The first-order chi connectivity index (χ1) is 25.7. The Kier molecular flexibility index (Phi) is 7.71. The van der Waals surface area contributed by atoms with Crippen LogP contribution in [0.2, 0.25) is 0 Å². The fourth-order valence-corrected chi connectivity index (χ4v) is 8.32. The van der Waals surface area contributed by atoms with E-state index in [0.29, 0.717) is 36.0 Å². The van der Waals surface area contributed by atoms with Crippen LogP contribution >= 0.6 is 0 Å². The molecule has 0 bridgehead atoms. The van der Waals surface area contributed by atoms with Gasteiger partial charge in [0.05, 0.1) is 27.4 Å². The van der Waals surface area contributed by atoms with E-state index in [9.17, 15) is 8.78 Å². The van der Waals surface area contributed by atoms with Gasteiger partial charge in [-0.3, -0.25) is 0 Å². The summed E-state index contributed by atoms with van der Waals surface area (Å²) in [6.45, 7) is 7.51. The Morgan fingerprint density at radius 3 is 2.04 bits per heavy atom. The predicted octanol–water partition coefficient (Wildman–Crippen LogP) is 8.48. The topological polar surface area (TPSA) is 78.8 Å². The van der Waals surface area contributed by atoms with E-state index >= 15 is 0 Å². The molecule has 1 atom stereocenters. The van der Waals surface area contributed by atoms with E-state index in [1.54, 1.807) is 26.4 Å². The Morgan fingerprint density at radius 1 is 0.755 bits per heavy atom. The maximum Gasteiger partial charge on any atom is 0.314 e. The van der Waals surface area contributed by atoms with Crippen molar-refractivity contribution in [1.82, 2.24) is 15.0 Å². The molecule has 9 rings (SSSR count). The minimum atomic E-state index is -1.18. The van der Waals surface area contributed by atoms with Crippen LogP contribution < -0.4 is 19.1 Å². The molecule has 1 aromatic heterocycles. The van der Waals surface area contributed by atoms with Gasteiger partial charge in [-0.25, -0.2) is 0 Å². The summed E-state index contributed by atoms with van der Waals surface area (Å²) >= 11 is 0. The summed E-state index contributed by atoms with van der Waals surface area (Å²) in [4.78, 5) is 12.8. The van der Waals surface area contributed by atoms with Crippen molar-refractivity contribution >= 4 is 22.5 Å². The Morgan fingerprint density at radius 2 is 1.38 bits per heavy atom. The van der Waals surface area contributed by atoms with Crippen LogP contribution in [0.15, 0.2) is 91.0 Å². The molecule has 6 aromatic rings. The second-order valence-corrected chi connectivity index (χ2v) is 14.0. The van der Waals surface area contributed by atoms with Crippen molar-refractivity contribution in [3.63, 3.8) is 0 Å². The van der Waals surface area contributed by atoms with Gasteiger partial charge in [0, 0.05) is 51.8 Å². The van der Waals surface area contributed by atoms with Crippen molar-refractivity contribution < 1.29 is 27.7 Å². The van der Waals surface area contributed by atoms with E-state index in [1.165, 1.54) is 16.7 Å². The third-order valence-electron chi connectivity index (χ3n) is 10.9. The lowest BCUT2D eigenvalue weighted by Crippen LogP contribution is -2.37. The number of rotatable bonds is 6. The van der Waals surface area contributed by atoms with Gasteiger partial charge in [-0.1, -0.05) is 80.6 Å². The average Bonchev–Trinajstić information content (AvgIpc) is 3.43. The van der Waals surface area contributed by atoms with Gasteiger partial charge in [0.25, 0.3) is 0 Å². The summed E-state index contributed by atoms with van der Waals surface area (Å²) in [7, 11) is 3.28. The van der Waals surface area contributed by atoms with Gasteiger partial charge in [0.15, 0.2) is 22.9 Å². The van der Waals surface area contributed by atoms with Gasteiger partial charge in [-0.2, -0.15) is 23.7 Å². The van der Waals surface area contributed by atoms with Crippen LogP contribution in [0, 0.1) is 12.2 Å². The minimum Gasteiger partial charge on any atom is -0.493 e. The minimum absolute atomic E-state index is 0.0969. The van der Waals surface area contributed by atoms with Crippen LogP contribution in [-0.2, 0) is 15.8 Å². The summed E-state index contributed by atoms with van der Waals surface area (Å²) < 4.78 is 52.7. The van der Waals surface area contributed by atoms with Crippen molar-refractivity contribution in [3.05, 3.63) is 131 Å². The van der Waals surface area contributed by atoms with Crippen molar-refractivity contribution in [2.45, 2.75) is 24.9 Å². The monoisotopic (exact) mass is 710 g/mol. The smallest absolute Gasteiger partial charge is 0.314 e. The van der Waals surface area contributed by atoms with Gasteiger partial charge in [-0.05, 0) is 58.0 Å². The lowest BCUT2D eigenvalue weighted by molar-refractivity contribution is 0.122. The standard InChI is InChI=1S/C43H36F2N4O4/c1-42(2)33-8-6-5-7-29(33)36-31-23-34(50-3)35(51-4)24-32(31)38-30(37(36)42)17-18-43(53-38,27-13-15-28(16-14-27)49-19-21-52-22-20-49)26-11-9-25(10-12-26)39-46-40(44)48-41(45)47-39/h5-18,23-24H,19-22H2,1-4H3. The van der Waals surface area contributed by atoms with Crippen molar-refractivity contribution in [2.75, 3.05) is 45.4 Å². The molecule has 0 radical (unpaired) electrons. The fourth-order valence-electron chi connectivity index (χ4n) is 8.32. The molecule has 1 fully saturated rings. The molecule has 266 valence electrons. The van der Waals surface area contributed by atoms with Crippen LogP contribution in [-0.4, -0.2) is 55.5 Å². The first-order valence-corrected chi connectivity index (χ1v) is 17.6. The highest BCUT2D eigenvalue weighted by Gasteiger charge is 2.44. The number of nitrogens with zero attached hydrogens (tertiary/aromatic N) is 4. The number of anilines is 1. The molecule has 3 heterocycles. The molecule has 2 aliphatic heterocycles. The third-order valence-corrected chi connectivity index (χ3v) is 10.9. The molecule has 1 saturated heterocycles. The molecule has 8 nitrogen and oxygen atoms in total. The molecule has 1 unspecified atom stereocenters. The first-order valence-electron chi connectivity index (χ1n) is 17.6. The number of methoxy groups -OCH3 is 2. The van der Waals surface area contributed by atoms with Gasteiger partial charge in [0.2, 0.25) is 0 Å². The Hall–Kier alpha value is -5.87. The summed E-state index contributed by atoms with van der Waals surface area (Å²) in [6.07, 6.45) is 1.93. The molecule has 1 aliphatic carbocycles. The van der Waals surface area contributed by atoms with Gasteiger partial charge in [0.1, 0.15) is 5.75 Å². The number of fused-ring (bicyclic) bond motifs is 8. The van der Waals surface area contributed by atoms with E-state index in [0.717, 1.165) is 51.8 Å². The Bertz CT molecular complexity index is 2420. The van der Waals surface area contributed by atoms with E-state index in [2.05, 4.69) is 94.4 Å². The summed E-state index contributed by atoms with van der Waals surface area (Å²) in [5.41, 5.74) is 7.54. The Balaban J connectivity index is 1.27. The number of benzene rings is 5. The van der Waals surface area contributed by atoms with Gasteiger partial charge in [-0.15, -0.1) is 0 Å². The molecule has 3 aliphatic rings. The highest BCUT2D eigenvalue weighted by Crippen LogP contribution is 2.59. The average molecular weight is 711 g/mol. The molecule has 10 heteroatoms. The summed E-state index contributed by atoms with van der Waals surface area (Å²) in [5.74, 6) is 1.83. The van der Waals surface area contributed by atoms with Crippen LogP contribution in [0.1, 0.15) is 41.7 Å². The molecule has 0 saturated carbocycles. The normalized spacial score (nSPS) is 18.3. The summed E-state index contributed by atoms with van der Waals surface area (Å²) in [6, 6.07) is 28.3. The number of aromatic nitrogens is 3. The molecular weight excluding hydrogens is 674 g/mol. The molecule has 53 heavy (non-hydrogen) atoms. The molecular formula is C43H36F2N4O4.